The Balaban J connectivity index is 2.03. The van der Waals surface area contributed by atoms with E-state index in [2.05, 4.69) is 5.10 Å². The molecule has 1 amide bonds. The van der Waals surface area contributed by atoms with Gasteiger partial charge in [-0.1, -0.05) is 6.07 Å². The number of amides is 1. The van der Waals surface area contributed by atoms with Crippen LogP contribution in [-0.4, -0.2) is 23.7 Å². The summed E-state index contributed by atoms with van der Waals surface area (Å²) in [5, 5.41) is 28.7. The summed E-state index contributed by atoms with van der Waals surface area (Å²) >= 11 is 0. The van der Waals surface area contributed by atoms with Crippen LogP contribution in [0.25, 0.3) is 6.08 Å². The smallest absolute Gasteiger partial charge is 0.280 e. The zero-order valence-corrected chi connectivity index (χ0v) is 15.8. The number of carbonyl (C=O) groups excluding carboxylic acids is 1. The molecule has 144 valence electrons. The SMILES string of the molecule is COc1cc(/C=C2/C(=O)N(c3ccc(C)c(C)c3)N=C2C)cc([N+](=O)[O-])c1[O-]. The number of nitrogens with zero attached hydrogens (tertiary/aromatic N) is 3. The van der Waals surface area contributed by atoms with E-state index in [-0.39, 0.29) is 17.2 Å². The molecule has 0 saturated heterocycles. The van der Waals surface area contributed by atoms with Gasteiger partial charge in [0.05, 0.1) is 29.0 Å². The highest BCUT2D eigenvalue weighted by Gasteiger charge is 2.29. The minimum Gasteiger partial charge on any atom is -0.865 e. The van der Waals surface area contributed by atoms with E-state index in [0.29, 0.717) is 17.0 Å². The summed E-state index contributed by atoms with van der Waals surface area (Å²) in [7, 11) is 1.26. The molecule has 0 radical (unpaired) electrons. The summed E-state index contributed by atoms with van der Waals surface area (Å²) in [6.45, 7) is 5.60. The lowest BCUT2D eigenvalue weighted by atomic mass is 10.1. The van der Waals surface area contributed by atoms with Crippen molar-refractivity contribution in [2.75, 3.05) is 12.1 Å². The summed E-state index contributed by atoms with van der Waals surface area (Å²) in [5.74, 6) is -1.32. The molecule has 0 unspecified atom stereocenters. The summed E-state index contributed by atoms with van der Waals surface area (Å²) < 4.78 is 4.94. The number of nitro groups is 1. The molecule has 0 bridgehead atoms. The number of aryl methyl sites for hydroxylation is 2. The molecule has 0 atom stereocenters. The normalized spacial score (nSPS) is 15.1. The van der Waals surface area contributed by atoms with Crippen molar-refractivity contribution in [3.05, 3.63) is 62.7 Å². The minimum absolute atomic E-state index is 0.160. The Hall–Kier alpha value is -3.68. The van der Waals surface area contributed by atoms with Crippen molar-refractivity contribution >= 4 is 29.1 Å². The number of carbonyl (C=O) groups is 1. The Morgan fingerprint density at radius 1 is 1.14 bits per heavy atom. The average molecular weight is 380 g/mol. The molecule has 3 rings (SSSR count). The van der Waals surface area contributed by atoms with Crippen LogP contribution < -0.4 is 14.9 Å². The van der Waals surface area contributed by atoms with E-state index in [1.807, 2.05) is 26.0 Å². The van der Waals surface area contributed by atoms with E-state index in [1.165, 1.54) is 24.3 Å². The third kappa shape index (κ3) is 3.32. The zero-order valence-electron chi connectivity index (χ0n) is 15.8. The van der Waals surface area contributed by atoms with E-state index in [1.54, 1.807) is 13.0 Å². The number of benzene rings is 2. The van der Waals surface area contributed by atoms with Crippen LogP contribution in [0.5, 0.6) is 11.5 Å². The first kappa shape index (κ1) is 19.1. The molecule has 2 aromatic rings. The van der Waals surface area contributed by atoms with E-state index in [9.17, 15) is 20.0 Å². The summed E-state index contributed by atoms with van der Waals surface area (Å²) in [5.41, 5.74) is 3.21. The quantitative estimate of drug-likeness (QED) is 0.460. The van der Waals surface area contributed by atoms with Crippen molar-refractivity contribution in [1.29, 1.82) is 0 Å². The van der Waals surface area contributed by atoms with Crippen LogP contribution in [0.4, 0.5) is 11.4 Å². The number of rotatable bonds is 4. The van der Waals surface area contributed by atoms with Crippen molar-refractivity contribution in [3.8, 4) is 11.5 Å². The molecule has 2 aromatic carbocycles. The number of methoxy groups -OCH3 is 1. The maximum absolute atomic E-state index is 12.9. The van der Waals surface area contributed by atoms with Gasteiger partial charge in [0.25, 0.3) is 11.6 Å². The van der Waals surface area contributed by atoms with Crippen molar-refractivity contribution in [3.63, 3.8) is 0 Å². The molecular weight excluding hydrogens is 362 g/mol. The van der Waals surface area contributed by atoms with Gasteiger partial charge in [0.15, 0.2) is 0 Å². The van der Waals surface area contributed by atoms with Crippen molar-refractivity contribution in [1.82, 2.24) is 0 Å². The lowest BCUT2D eigenvalue weighted by molar-refractivity contribution is -0.398. The van der Waals surface area contributed by atoms with Gasteiger partial charge in [0.1, 0.15) is 5.75 Å². The van der Waals surface area contributed by atoms with Gasteiger partial charge in [-0.25, -0.2) is 0 Å². The van der Waals surface area contributed by atoms with Gasteiger partial charge < -0.3 is 9.84 Å². The van der Waals surface area contributed by atoms with Gasteiger partial charge in [-0.05, 0) is 61.7 Å². The first-order valence-corrected chi connectivity index (χ1v) is 8.45. The molecule has 1 aliphatic heterocycles. The second-order valence-corrected chi connectivity index (χ2v) is 6.46. The number of hydrogen-bond donors (Lipinski definition) is 0. The Morgan fingerprint density at radius 3 is 2.46 bits per heavy atom. The lowest BCUT2D eigenvalue weighted by Crippen LogP contribution is -2.21. The van der Waals surface area contributed by atoms with Crippen LogP contribution in [0.1, 0.15) is 23.6 Å². The predicted octanol–water partition coefficient (Wildman–Crippen LogP) is 3.10. The molecule has 1 heterocycles. The summed E-state index contributed by atoms with van der Waals surface area (Å²) in [6, 6.07) is 8.07. The number of ether oxygens (including phenoxy) is 1. The minimum atomic E-state index is -0.811. The number of hydrazone groups is 1. The van der Waals surface area contributed by atoms with Gasteiger partial charge in [0, 0.05) is 11.8 Å². The highest BCUT2D eigenvalue weighted by molar-refractivity contribution is 6.32. The van der Waals surface area contributed by atoms with Gasteiger partial charge in [-0.15, -0.1) is 0 Å². The average Bonchev–Trinajstić information content (AvgIpc) is 2.93. The van der Waals surface area contributed by atoms with Crippen molar-refractivity contribution in [2.45, 2.75) is 20.8 Å². The maximum atomic E-state index is 12.9. The Labute approximate surface area is 161 Å². The number of anilines is 1. The summed E-state index contributed by atoms with van der Waals surface area (Å²) in [6.07, 6.45) is 1.47. The van der Waals surface area contributed by atoms with E-state index < -0.39 is 16.4 Å². The van der Waals surface area contributed by atoms with Gasteiger partial charge >= 0.3 is 0 Å². The van der Waals surface area contributed by atoms with E-state index in [4.69, 9.17) is 4.74 Å². The fourth-order valence-electron chi connectivity index (χ4n) is 2.86. The van der Waals surface area contributed by atoms with Crippen LogP contribution in [-0.2, 0) is 4.79 Å². The van der Waals surface area contributed by atoms with Crippen LogP contribution in [0, 0.1) is 24.0 Å². The highest BCUT2D eigenvalue weighted by Crippen LogP contribution is 2.36. The molecule has 0 aromatic heterocycles. The third-order valence-corrected chi connectivity index (χ3v) is 4.58. The fourth-order valence-corrected chi connectivity index (χ4v) is 2.86. The summed E-state index contributed by atoms with van der Waals surface area (Å²) in [4.78, 5) is 23.2. The Bertz CT molecular complexity index is 1060. The maximum Gasteiger partial charge on any atom is 0.280 e. The molecule has 28 heavy (non-hydrogen) atoms. The lowest BCUT2D eigenvalue weighted by Gasteiger charge is -2.14. The Morgan fingerprint density at radius 2 is 1.86 bits per heavy atom. The van der Waals surface area contributed by atoms with Crippen molar-refractivity contribution in [2.24, 2.45) is 5.10 Å². The van der Waals surface area contributed by atoms with Crippen LogP contribution >= 0.6 is 0 Å². The predicted molar refractivity (Wildman–Crippen MR) is 104 cm³/mol. The molecule has 0 spiro atoms. The molecule has 1 aliphatic rings. The van der Waals surface area contributed by atoms with Gasteiger partial charge in [-0.2, -0.15) is 10.1 Å². The van der Waals surface area contributed by atoms with Crippen molar-refractivity contribution < 1.29 is 19.6 Å². The molecule has 8 nitrogen and oxygen atoms in total. The zero-order chi connectivity index (χ0) is 20.6. The topological polar surface area (TPSA) is 108 Å². The first-order valence-electron chi connectivity index (χ1n) is 8.45. The monoisotopic (exact) mass is 380 g/mol. The molecule has 0 N–H and O–H groups in total. The molecule has 0 saturated carbocycles. The van der Waals surface area contributed by atoms with E-state index >= 15 is 0 Å². The van der Waals surface area contributed by atoms with Crippen LogP contribution in [0.3, 0.4) is 0 Å². The second kappa shape index (κ2) is 7.15. The standard InChI is InChI=1S/C20H19N3O5/c1-11-5-6-15(7-12(11)2)22-20(25)16(13(3)21-22)8-14-9-17(23(26)27)19(24)18(10-14)28-4/h5-10,24H,1-4H3/p-1/b16-8+. The van der Waals surface area contributed by atoms with Gasteiger partial charge in [0.2, 0.25) is 0 Å². The Kier molecular flexibility index (Phi) is 4.87. The highest BCUT2D eigenvalue weighted by atomic mass is 16.6. The fraction of sp³-hybridized carbons (Fsp3) is 0.200. The number of nitro benzene ring substituents is 1. The molecule has 8 heteroatoms. The van der Waals surface area contributed by atoms with E-state index in [0.717, 1.165) is 17.2 Å². The molecule has 0 fully saturated rings. The van der Waals surface area contributed by atoms with Crippen LogP contribution in [0.15, 0.2) is 41.0 Å². The second-order valence-electron chi connectivity index (χ2n) is 6.46. The molecule has 0 aliphatic carbocycles. The first-order chi connectivity index (χ1) is 13.2. The number of hydrogen-bond acceptors (Lipinski definition) is 6. The largest absolute Gasteiger partial charge is 0.865 e. The molecular formula is C20H18N3O5-. The third-order valence-electron chi connectivity index (χ3n) is 4.58. The van der Waals surface area contributed by atoms with Crippen LogP contribution in [0.2, 0.25) is 0 Å². The van der Waals surface area contributed by atoms with Gasteiger partial charge in [-0.3, -0.25) is 14.9 Å².